The number of carbonyl (C=O) groups excluding carboxylic acids is 1. The number of fused-ring (bicyclic) bond motifs is 3. The number of nitrogens with one attached hydrogen (secondary N) is 1. The van der Waals surface area contributed by atoms with Crippen LogP contribution in [0.1, 0.15) is 46.6 Å². The van der Waals surface area contributed by atoms with E-state index in [1.54, 1.807) is 6.07 Å². The van der Waals surface area contributed by atoms with E-state index in [2.05, 4.69) is 21.3 Å². The van der Waals surface area contributed by atoms with E-state index in [9.17, 15) is 18.7 Å². The molecule has 1 aromatic heterocycles. The molecule has 0 unspecified atom stereocenters. The van der Waals surface area contributed by atoms with E-state index < -0.39 is 23.6 Å². The van der Waals surface area contributed by atoms with Gasteiger partial charge in [-0.15, -0.1) is 0 Å². The lowest BCUT2D eigenvalue weighted by atomic mass is 9.89. The number of anilines is 2. The van der Waals surface area contributed by atoms with Gasteiger partial charge in [-0.25, -0.2) is 0 Å². The summed E-state index contributed by atoms with van der Waals surface area (Å²) in [4.78, 5) is 18.8. The predicted molar refractivity (Wildman–Crippen MR) is 130 cm³/mol. The molecule has 0 saturated carbocycles. The number of benzene rings is 2. The number of halogens is 2. The number of hydrogen-bond donors (Lipinski definition) is 2. The number of aliphatic hydroxyl groups excluding tert-OH is 1. The van der Waals surface area contributed by atoms with Crippen LogP contribution >= 0.6 is 0 Å². The van der Waals surface area contributed by atoms with E-state index in [0.717, 1.165) is 47.5 Å². The topological polar surface area (TPSA) is 74.7 Å². The van der Waals surface area contributed by atoms with Crippen molar-refractivity contribution < 1.29 is 23.4 Å². The van der Waals surface area contributed by atoms with Crippen molar-refractivity contribution in [1.82, 2.24) is 4.98 Å². The number of nitrogens with zero attached hydrogens (tertiary/aromatic N) is 2. The van der Waals surface area contributed by atoms with E-state index in [1.165, 1.54) is 12.3 Å². The van der Waals surface area contributed by atoms with Crippen molar-refractivity contribution in [3.05, 3.63) is 77.1 Å². The quantitative estimate of drug-likeness (QED) is 0.547. The number of amides is 1. The van der Waals surface area contributed by atoms with E-state index in [0.29, 0.717) is 25.3 Å². The van der Waals surface area contributed by atoms with Crippen LogP contribution in [0.2, 0.25) is 0 Å². The second kappa shape index (κ2) is 9.02. The highest BCUT2D eigenvalue weighted by atomic mass is 19.3. The number of rotatable bonds is 4. The minimum atomic E-state index is -3.13. The maximum absolute atomic E-state index is 13.6. The predicted octanol–water partition coefficient (Wildman–Crippen LogP) is 5.06. The van der Waals surface area contributed by atoms with Gasteiger partial charge in [0.05, 0.1) is 25.4 Å². The fraction of sp³-hybridized carbons (Fsp3) is 0.333. The first-order chi connectivity index (χ1) is 16.7. The molecule has 1 fully saturated rings. The maximum atomic E-state index is 13.6. The van der Waals surface area contributed by atoms with Crippen LogP contribution in [-0.2, 0) is 10.7 Å². The number of morpholine rings is 1. The molecule has 3 heterocycles. The number of aliphatic hydroxyl groups is 1. The van der Waals surface area contributed by atoms with Crippen LogP contribution in [-0.4, -0.2) is 41.8 Å². The largest absolute Gasteiger partial charge is 0.388 e. The molecular weight excluding hydrogens is 452 g/mol. The lowest BCUT2D eigenvalue weighted by Crippen LogP contribution is -2.49. The monoisotopic (exact) mass is 479 g/mol. The molecule has 6 nitrogen and oxygen atoms in total. The Morgan fingerprint density at radius 3 is 2.83 bits per heavy atom. The zero-order valence-corrected chi connectivity index (χ0v) is 19.6. The van der Waals surface area contributed by atoms with Crippen molar-refractivity contribution in [2.75, 3.05) is 30.0 Å². The summed E-state index contributed by atoms with van der Waals surface area (Å²) in [5.74, 6) is -3.62. The molecule has 2 N–H and O–H groups in total. The SMILES string of the molecule is Cc1ccc(NC(=O)c2ccnc(C(C)(F)F)c2)cc1-c1ccc2c(c1)N1CCOC[C@@H]1C[C@H]2O. The molecule has 2 aliphatic heterocycles. The maximum Gasteiger partial charge on any atom is 0.286 e. The fourth-order valence-corrected chi connectivity index (χ4v) is 4.82. The summed E-state index contributed by atoms with van der Waals surface area (Å²) < 4.78 is 32.9. The lowest BCUT2D eigenvalue weighted by Gasteiger charge is -2.43. The highest BCUT2D eigenvalue weighted by Gasteiger charge is 2.34. The van der Waals surface area contributed by atoms with Gasteiger partial charge in [-0.3, -0.25) is 9.78 Å². The molecule has 0 bridgehead atoms. The Bertz CT molecular complexity index is 1270. The van der Waals surface area contributed by atoms with Gasteiger partial charge in [-0.1, -0.05) is 18.2 Å². The molecule has 1 amide bonds. The number of pyridine rings is 1. The summed E-state index contributed by atoms with van der Waals surface area (Å²) in [5.41, 5.74) is 5.06. The fourth-order valence-electron chi connectivity index (χ4n) is 4.82. The molecule has 5 rings (SSSR count). The molecule has 0 spiro atoms. The summed E-state index contributed by atoms with van der Waals surface area (Å²) >= 11 is 0. The Hall–Kier alpha value is -3.36. The molecule has 1 saturated heterocycles. The van der Waals surface area contributed by atoms with E-state index in [1.807, 2.05) is 31.2 Å². The molecule has 2 aromatic carbocycles. The summed E-state index contributed by atoms with van der Waals surface area (Å²) in [6, 6.07) is 14.3. The van der Waals surface area contributed by atoms with Crippen LogP contribution in [0.25, 0.3) is 11.1 Å². The number of carbonyl (C=O) groups is 1. The third-order valence-corrected chi connectivity index (χ3v) is 6.70. The number of ether oxygens (including phenoxy) is 1. The minimum absolute atomic E-state index is 0.111. The van der Waals surface area contributed by atoms with Gasteiger partial charge >= 0.3 is 0 Å². The first-order valence-corrected chi connectivity index (χ1v) is 11.6. The third-order valence-electron chi connectivity index (χ3n) is 6.70. The summed E-state index contributed by atoms with van der Waals surface area (Å²) in [5, 5.41) is 13.5. The van der Waals surface area contributed by atoms with Crippen LogP contribution in [0.5, 0.6) is 0 Å². The van der Waals surface area contributed by atoms with Crippen molar-refractivity contribution in [1.29, 1.82) is 0 Å². The van der Waals surface area contributed by atoms with Gasteiger partial charge in [0, 0.05) is 48.6 Å². The second-order valence-electron chi connectivity index (χ2n) is 9.25. The Morgan fingerprint density at radius 2 is 2.03 bits per heavy atom. The highest BCUT2D eigenvalue weighted by Crippen LogP contribution is 2.41. The van der Waals surface area contributed by atoms with Crippen LogP contribution in [0, 0.1) is 6.92 Å². The first kappa shape index (κ1) is 23.4. The van der Waals surface area contributed by atoms with Crippen LogP contribution in [0.4, 0.5) is 20.2 Å². The average molecular weight is 480 g/mol. The van der Waals surface area contributed by atoms with Gasteiger partial charge in [-0.2, -0.15) is 8.78 Å². The molecule has 182 valence electrons. The molecule has 0 aliphatic carbocycles. The van der Waals surface area contributed by atoms with Gasteiger partial charge in [0.25, 0.3) is 11.8 Å². The normalized spacial score (nSPS) is 19.6. The average Bonchev–Trinajstić information content (AvgIpc) is 2.84. The standard InChI is InChI=1S/C27H27F2N3O3/c1-16-3-5-19(31-26(34)18-7-8-30-25(12-18)27(2,28)29)13-22(16)17-4-6-21-23(11-17)32-9-10-35-15-20(32)14-24(21)33/h3-8,11-13,20,24,33H,9-10,14-15H2,1-2H3,(H,31,34)/t20-,24+/m0/s1. The molecular formula is C27H27F2N3O3. The number of hydrogen-bond acceptors (Lipinski definition) is 5. The van der Waals surface area contributed by atoms with Crippen LogP contribution in [0.3, 0.4) is 0 Å². The van der Waals surface area contributed by atoms with E-state index in [4.69, 9.17) is 4.74 Å². The summed E-state index contributed by atoms with van der Waals surface area (Å²) in [6.07, 6.45) is 1.32. The van der Waals surface area contributed by atoms with Gasteiger partial charge in [-0.05, 0) is 53.9 Å². The highest BCUT2D eigenvalue weighted by molar-refractivity contribution is 6.04. The molecule has 0 radical (unpaired) electrons. The molecule has 2 aliphatic rings. The second-order valence-corrected chi connectivity index (χ2v) is 9.25. The number of aromatic nitrogens is 1. The first-order valence-electron chi connectivity index (χ1n) is 11.6. The van der Waals surface area contributed by atoms with Crippen molar-refractivity contribution >= 4 is 17.3 Å². The number of alkyl halides is 2. The van der Waals surface area contributed by atoms with Crippen LogP contribution in [0.15, 0.2) is 54.7 Å². The summed E-state index contributed by atoms with van der Waals surface area (Å²) in [7, 11) is 0. The van der Waals surface area contributed by atoms with Crippen molar-refractivity contribution in [2.45, 2.75) is 38.3 Å². The van der Waals surface area contributed by atoms with Crippen molar-refractivity contribution in [2.24, 2.45) is 0 Å². The molecule has 35 heavy (non-hydrogen) atoms. The molecule has 2 atom stereocenters. The Labute approximate surface area is 202 Å². The van der Waals surface area contributed by atoms with Crippen molar-refractivity contribution in [3.8, 4) is 11.1 Å². The van der Waals surface area contributed by atoms with Gasteiger partial charge in [0.2, 0.25) is 0 Å². The summed E-state index contributed by atoms with van der Waals surface area (Å²) in [6.45, 7) is 4.76. The van der Waals surface area contributed by atoms with E-state index in [-0.39, 0.29) is 11.6 Å². The minimum Gasteiger partial charge on any atom is -0.388 e. The smallest absolute Gasteiger partial charge is 0.286 e. The van der Waals surface area contributed by atoms with Gasteiger partial charge in [0.15, 0.2) is 0 Å². The van der Waals surface area contributed by atoms with Gasteiger partial charge in [0.1, 0.15) is 5.69 Å². The zero-order valence-electron chi connectivity index (χ0n) is 19.6. The Balaban J connectivity index is 1.44. The lowest BCUT2D eigenvalue weighted by molar-refractivity contribution is 0.0127. The molecule has 8 heteroatoms. The van der Waals surface area contributed by atoms with Gasteiger partial charge < -0.3 is 20.1 Å². The van der Waals surface area contributed by atoms with Crippen molar-refractivity contribution in [3.63, 3.8) is 0 Å². The third kappa shape index (κ3) is 4.63. The van der Waals surface area contributed by atoms with E-state index >= 15 is 0 Å². The molecule has 3 aromatic rings. The Morgan fingerprint density at radius 1 is 1.20 bits per heavy atom. The Kier molecular flexibility index (Phi) is 6.02. The zero-order chi connectivity index (χ0) is 24.7. The number of aryl methyl sites for hydroxylation is 1. The van der Waals surface area contributed by atoms with Crippen LogP contribution < -0.4 is 10.2 Å².